The quantitative estimate of drug-likeness (QED) is 0.180. The van der Waals surface area contributed by atoms with Crippen LogP contribution < -0.4 is 0 Å². The third-order valence-electron chi connectivity index (χ3n) is 11.9. The summed E-state index contributed by atoms with van der Waals surface area (Å²) in [6.07, 6.45) is 0. The van der Waals surface area contributed by atoms with Gasteiger partial charge in [0.2, 0.25) is 0 Å². The van der Waals surface area contributed by atoms with Crippen LogP contribution in [0, 0.1) is 5.92 Å². The lowest BCUT2D eigenvalue weighted by atomic mass is 9.63. The van der Waals surface area contributed by atoms with Gasteiger partial charge < -0.3 is 0 Å². The molecule has 0 saturated carbocycles. The lowest BCUT2D eigenvalue weighted by molar-refractivity contribution is 0.438. The molecule has 0 atom stereocenters. The van der Waals surface area contributed by atoms with Crippen LogP contribution in [0.5, 0.6) is 0 Å². The van der Waals surface area contributed by atoms with Crippen LogP contribution in [0.3, 0.4) is 0 Å². The van der Waals surface area contributed by atoms with E-state index in [2.05, 4.69) is 201 Å². The average molecular weight is 631 g/mol. The second-order valence-corrected chi connectivity index (χ2v) is 29.2. The molecule has 0 N–H and O–H groups in total. The van der Waals surface area contributed by atoms with Crippen LogP contribution in [-0.2, 0) is 5.41 Å². The van der Waals surface area contributed by atoms with E-state index >= 15 is 0 Å². The Morgan fingerprint density at radius 3 is 0.818 bits per heavy atom. The number of hydrogen-bond acceptors (Lipinski definition) is 0. The largest absolute Gasteiger partial charge is 0.0686 e. The van der Waals surface area contributed by atoms with Crippen molar-refractivity contribution in [1.29, 1.82) is 0 Å². The first-order valence-electron chi connectivity index (χ1n) is 17.4. The maximum atomic E-state index is 2.49. The molecule has 246 valence electrons. The lowest BCUT2D eigenvalue weighted by Gasteiger charge is -2.47. The lowest BCUT2D eigenvalue weighted by Crippen LogP contribution is -2.45. The fourth-order valence-corrected chi connectivity index (χ4v) is 14.0. The third kappa shape index (κ3) is 9.09. The van der Waals surface area contributed by atoms with E-state index in [9.17, 15) is 0 Å². The highest BCUT2D eigenvalue weighted by molar-refractivity contribution is 6.83. The molecule has 44 heavy (non-hydrogen) atoms. The summed E-state index contributed by atoms with van der Waals surface area (Å²) in [5, 5.41) is 1.64. The SMILES string of the molecule is CC(C)(C)[Si](C)(C)C(C)(C)C.CC(C)C(c1ccccc1)(c1ccccc1)c1ccccc1.CC[Si](CC)(CC)C(C)(C)C. The van der Waals surface area contributed by atoms with Crippen molar-refractivity contribution in [2.24, 2.45) is 5.92 Å². The van der Waals surface area contributed by atoms with Gasteiger partial charge in [0.1, 0.15) is 0 Å². The predicted molar refractivity (Wildman–Crippen MR) is 208 cm³/mol. The van der Waals surface area contributed by atoms with Gasteiger partial charge in [-0.25, -0.2) is 0 Å². The maximum Gasteiger partial charge on any atom is 0.0581 e. The van der Waals surface area contributed by atoms with Gasteiger partial charge in [-0.1, -0.05) is 219 Å². The van der Waals surface area contributed by atoms with E-state index in [0.717, 1.165) is 0 Å². The summed E-state index contributed by atoms with van der Waals surface area (Å²) in [6.45, 7) is 38.3. The van der Waals surface area contributed by atoms with Crippen molar-refractivity contribution in [3.63, 3.8) is 0 Å². The van der Waals surface area contributed by atoms with Crippen LogP contribution in [0.2, 0.25) is 46.3 Å². The molecule has 0 saturated heterocycles. The minimum absolute atomic E-state index is 0.121. The molecule has 0 bridgehead atoms. The van der Waals surface area contributed by atoms with Crippen molar-refractivity contribution in [2.45, 2.75) is 149 Å². The molecule has 0 aliphatic heterocycles. The van der Waals surface area contributed by atoms with Crippen molar-refractivity contribution in [2.75, 3.05) is 0 Å². The first-order valence-corrected chi connectivity index (χ1v) is 23.0. The van der Waals surface area contributed by atoms with Gasteiger partial charge in [-0.2, -0.15) is 0 Å². The second kappa shape index (κ2) is 16.1. The first-order chi connectivity index (χ1) is 20.2. The van der Waals surface area contributed by atoms with Gasteiger partial charge >= 0.3 is 0 Å². The van der Waals surface area contributed by atoms with E-state index in [4.69, 9.17) is 0 Å². The summed E-state index contributed by atoms with van der Waals surface area (Å²) in [6, 6.07) is 36.9. The molecule has 0 heterocycles. The van der Waals surface area contributed by atoms with Crippen molar-refractivity contribution < 1.29 is 0 Å². The van der Waals surface area contributed by atoms with E-state index in [1.807, 2.05) is 0 Å². The van der Waals surface area contributed by atoms with E-state index in [-0.39, 0.29) is 5.41 Å². The van der Waals surface area contributed by atoms with E-state index in [1.54, 1.807) is 0 Å². The molecule has 0 aromatic heterocycles. The highest BCUT2D eigenvalue weighted by Crippen LogP contribution is 2.50. The molecular formula is C42H70Si2. The number of benzene rings is 3. The zero-order valence-corrected chi connectivity index (χ0v) is 33.9. The van der Waals surface area contributed by atoms with Crippen molar-refractivity contribution in [3.05, 3.63) is 108 Å². The summed E-state index contributed by atoms with van der Waals surface area (Å²) in [4.78, 5) is 0. The van der Waals surface area contributed by atoms with Crippen LogP contribution in [0.15, 0.2) is 91.0 Å². The van der Waals surface area contributed by atoms with Gasteiger partial charge in [0.15, 0.2) is 0 Å². The van der Waals surface area contributed by atoms with Crippen molar-refractivity contribution in [1.82, 2.24) is 0 Å². The highest BCUT2D eigenvalue weighted by Gasteiger charge is 2.44. The normalized spacial score (nSPS) is 13.0. The van der Waals surface area contributed by atoms with Crippen molar-refractivity contribution >= 4 is 16.1 Å². The monoisotopic (exact) mass is 631 g/mol. The molecule has 0 aliphatic rings. The smallest absolute Gasteiger partial charge is 0.0581 e. The molecule has 0 aliphatic carbocycles. The van der Waals surface area contributed by atoms with Crippen LogP contribution >= 0.6 is 0 Å². The molecule has 0 radical (unpaired) electrons. The molecule has 0 unspecified atom stereocenters. The van der Waals surface area contributed by atoms with Gasteiger partial charge in [0, 0.05) is 5.41 Å². The molecule has 3 aromatic rings. The van der Waals surface area contributed by atoms with Crippen LogP contribution in [-0.4, -0.2) is 16.1 Å². The number of rotatable bonds is 7. The summed E-state index contributed by atoms with van der Waals surface area (Å²) < 4.78 is 0. The summed E-state index contributed by atoms with van der Waals surface area (Å²) in [7, 11) is -2.03. The Morgan fingerprint density at radius 2 is 0.705 bits per heavy atom. The van der Waals surface area contributed by atoms with Crippen LogP contribution in [0.4, 0.5) is 0 Å². The highest BCUT2D eigenvalue weighted by atomic mass is 28.3. The second-order valence-electron chi connectivity index (χ2n) is 16.8. The zero-order valence-electron chi connectivity index (χ0n) is 31.9. The minimum atomic E-state index is -1.11. The molecule has 2 heteroatoms. The maximum absolute atomic E-state index is 2.49. The molecule has 3 aromatic carbocycles. The van der Waals surface area contributed by atoms with E-state index < -0.39 is 16.1 Å². The topological polar surface area (TPSA) is 0 Å². The Hall–Kier alpha value is -1.91. The summed E-state index contributed by atoms with van der Waals surface area (Å²) >= 11 is 0. The van der Waals surface area contributed by atoms with Gasteiger partial charge in [0.05, 0.1) is 16.1 Å². The molecule has 0 nitrogen and oxygen atoms in total. The Labute approximate surface area is 277 Å². The van der Waals surface area contributed by atoms with Gasteiger partial charge in [0.25, 0.3) is 0 Å². The summed E-state index contributed by atoms with van der Waals surface area (Å²) in [5.41, 5.74) is 3.93. The fraction of sp³-hybridized carbons (Fsp3) is 0.571. The third-order valence-corrected chi connectivity index (χ3v) is 26.7. The molecule has 0 spiro atoms. The summed E-state index contributed by atoms with van der Waals surface area (Å²) in [5.74, 6) is 0.444. The van der Waals surface area contributed by atoms with Crippen LogP contribution in [0.25, 0.3) is 0 Å². The molecule has 3 rings (SSSR count). The van der Waals surface area contributed by atoms with Crippen molar-refractivity contribution in [3.8, 4) is 0 Å². The Kier molecular flexibility index (Phi) is 14.7. The Morgan fingerprint density at radius 1 is 0.455 bits per heavy atom. The zero-order chi connectivity index (χ0) is 34.0. The Balaban J connectivity index is 0.000000373. The molecule has 0 fully saturated rings. The molecule has 0 amide bonds. The molecular weight excluding hydrogens is 561 g/mol. The van der Waals surface area contributed by atoms with Crippen LogP contribution in [0.1, 0.15) is 114 Å². The van der Waals surface area contributed by atoms with Gasteiger partial charge in [-0.05, 0) is 37.7 Å². The van der Waals surface area contributed by atoms with E-state index in [0.29, 0.717) is 21.0 Å². The standard InChI is InChI=1S/C22H22.2C10H24Si/c1-18(2)22(19-12-6-3-7-13-19,20-14-8-4-9-15-20)21-16-10-5-11-17-21;1-9(2,3)11(7,8)10(4,5)6;1-7-11(8-2,9-3)10(4,5)6/h3-18H,1-2H3;1-8H3;7-9H2,1-6H3. The van der Waals surface area contributed by atoms with Gasteiger partial charge in [-0.15, -0.1) is 0 Å². The number of hydrogen-bond donors (Lipinski definition) is 0. The predicted octanol–water partition coefficient (Wildman–Crippen LogP) is 14.3. The first kappa shape index (κ1) is 40.1. The van der Waals surface area contributed by atoms with E-state index in [1.165, 1.54) is 34.8 Å². The Bertz CT molecular complexity index is 1050. The fourth-order valence-electron chi connectivity index (χ4n) is 7.07. The minimum Gasteiger partial charge on any atom is -0.0686 e. The van der Waals surface area contributed by atoms with Gasteiger partial charge in [-0.3, -0.25) is 0 Å². The average Bonchev–Trinajstić information content (AvgIpc) is 2.95.